The van der Waals surface area contributed by atoms with Crippen LogP contribution in [0.1, 0.15) is 5.56 Å². The SMILES string of the molecule is COc1cccc(C=C2SC(=S)N(CC(=O)O)C2=O)c1OC. The summed E-state index contributed by atoms with van der Waals surface area (Å²) in [4.78, 5) is 24.4. The molecule has 0 unspecified atom stereocenters. The summed E-state index contributed by atoms with van der Waals surface area (Å²) in [5, 5.41) is 8.82. The molecule has 116 valence electrons. The van der Waals surface area contributed by atoms with E-state index < -0.39 is 18.4 Å². The molecule has 1 aliphatic heterocycles. The second-order valence-corrected chi connectivity index (χ2v) is 5.92. The summed E-state index contributed by atoms with van der Waals surface area (Å²) in [6.07, 6.45) is 1.61. The lowest BCUT2D eigenvalue weighted by molar-refractivity contribution is -0.140. The third kappa shape index (κ3) is 3.23. The standard InChI is InChI=1S/C14H13NO5S2/c1-19-9-5-3-4-8(12(9)20-2)6-10-13(18)15(7-11(16)17)14(21)22-10/h3-6H,7H2,1-2H3,(H,16,17). The van der Waals surface area contributed by atoms with Gasteiger partial charge in [0, 0.05) is 5.56 Å². The van der Waals surface area contributed by atoms with Crippen LogP contribution in [0.15, 0.2) is 23.1 Å². The van der Waals surface area contributed by atoms with Gasteiger partial charge >= 0.3 is 5.97 Å². The summed E-state index contributed by atoms with van der Waals surface area (Å²) in [5.74, 6) is -0.510. The van der Waals surface area contributed by atoms with Gasteiger partial charge in [0.1, 0.15) is 10.9 Å². The fourth-order valence-electron chi connectivity index (χ4n) is 1.94. The summed E-state index contributed by atoms with van der Waals surface area (Å²) >= 11 is 6.11. The van der Waals surface area contributed by atoms with Crippen molar-refractivity contribution in [1.82, 2.24) is 4.90 Å². The molecule has 0 atom stereocenters. The average molecular weight is 339 g/mol. The van der Waals surface area contributed by atoms with E-state index in [2.05, 4.69) is 0 Å². The highest BCUT2D eigenvalue weighted by atomic mass is 32.2. The summed E-state index contributed by atoms with van der Waals surface area (Å²) in [7, 11) is 3.03. The molecule has 0 spiro atoms. The van der Waals surface area contributed by atoms with E-state index in [1.54, 1.807) is 24.3 Å². The number of hydrogen-bond donors (Lipinski definition) is 1. The summed E-state index contributed by atoms with van der Waals surface area (Å²) in [6.45, 7) is -0.447. The van der Waals surface area contributed by atoms with Crippen LogP contribution in [0.5, 0.6) is 11.5 Å². The molecule has 1 fully saturated rings. The maximum Gasteiger partial charge on any atom is 0.323 e. The van der Waals surface area contributed by atoms with Gasteiger partial charge < -0.3 is 14.6 Å². The van der Waals surface area contributed by atoms with E-state index in [0.29, 0.717) is 22.0 Å². The van der Waals surface area contributed by atoms with Gasteiger partial charge in [-0.05, 0) is 12.1 Å². The molecule has 22 heavy (non-hydrogen) atoms. The third-order valence-electron chi connectivity index (χ3n) is 2.89. The minimum atomic E-state index is -1.11. The van der Waals surface area contributed by atoms with Gasteiger partial charge in [0.05, 0.1) is 19.1 Å². The second kappa shape index (κ2) is 6.80. The van der Waals surface area contributed by atoms with Crippen molar-refractivity contribution in [2.24, 2.45) is 0 Å². The van der Waals surface area contributed by atoms with E-state index in [4.69, 9.17) is 26.8 Å². The highest BCUT2D eigenvalue weighted by Gasteiger charge is 2.33. The Morgan fingerprint density at radius 3 is 2.73 bits per heavy atom. The number of carboxylic acids is 1. The van der Waals surface area contributed by atoms with Crippen molar-refractivity contribution < 1.29 is 24.2 Å². The summed E-state index contributed by atoms with van der Waals surface area (Å²) in [5.41, 5.74) is 0.651. The van der Waals surface area contributed by atoms with Crippen molar-refractivity contribution >= 4 is 46.3 Å². The maximum absolute atomic E-state index is 12.2. The molecule has 0 radical (unpaired) electrons. The van der Waals surface area contributed by atoms with Crippen molar-refractivity contribution in [2.45, 2.75) is 0 Å². The highest BCUT2D eigenvalue weighted by Crippen LogP contribution is 2.37. The molecule has 0 aromatic heterocycles. The molecule has 8 heteroatoms. The average Bonchev–Trinajstić information content (AvgIpc) is 2.74. The number of thioether (sulfide) groups is 1. The Morgan fingerprint density at radius 1 is 1.41 bits per heavy atom. The van der Waals surface area contributed by atoms with Gasteiger partial charge in [-0.1, -0.05) is 36.1 Å². The number of ether oxygens (including phenoxy) is 2. The zero-order valence-corrected chi connectivity index (χ0v) is 13.5. The molecule has 1 aromatic carbocycles. The van der Waals surface area contributed by atoms with Crippen LogP contribution in [-0.4, -0.2) is 47.0 Å². The highest BCUT2D eigenvalue weighted by molar-refractivity contribution is 8.26. The quantitative estimate of drug-likeness (QED) is 0.649. The number of hydrogen-bond acceptors (Lipinski definition) is 6. The molecule has 1 saturated heterocycles. The molecule has 1 N–H and O–H groups in total. The van der Waals surface area contributed by atoms with Crippen LogP contribution in [0.2, 0.25) is 0 Å². The Kier molecular flexibility index (Phi) is 5.04. The van der Waals surface area contributed by atoms with Gasteiger partial charge in [-0.25, -0.2) is 0 Å². The third-order valence-corrected chi connectivity index (χ3v) is 4.26. The number of rotatable bonds is 5. The molecule has 1 aliphatic rings. The van der Waals surface area contributed by atoms with Crippen molar-refractivity contribution in [2.75, 3.05) is 20.8 Å². The smallest absolute Gasteiger partial charge is 0.323 e. The molecule has 1 amide bonds. The molecule has 1 aromatic rings. The maximum atomic E-state index is 12.2. The van der Waals surface area contributed by atoms with Crippen LogP contribution in [0, 0.1) is 0 Å². The fraction of sp³-hybridized carbons (Fsp3) is 0.214. The van der Waals surface area contributed by atoms with E-state index in [1.807, 2.05) is 0 Å². The fourth-order valence-corrected chi connectivity index (χ4v) is 3.18. The number of amides is 1. The molecule has 2 rings (SSSR count). The van der Waals surface area contributed by atoms with E-state index in [0.717, 1.165) is 16.7 Å². The number of benzene rings is 1. The number of methoxy groups -OCH3 is 2. The Balaban J connectivity index is 2.37. The zero-order chi connectivity index (χ0) is 16.3. The molecule has 0 bridgehead atoms. The first kappa shape index (κ1) is 16.3. The topological polar surface area (TPSA) is 76.1 Å². The zero-order valence-electron chi connectivity index (χ0n) is 11.9. The van der Waals surface area contributed by atoms with Crippen LogP contribution < -0.4 is 9.47 Å². The van der Waals surface area contributed by atoms with Crippen molar-refractivity contribution in [3.63, 3.8) is 0 Å². The van der Waals surface area contributed by atoms with E-state index in [9.17, 15) is 9.59 Å². The Bertz CT molecular complexity index is 671. The summed E-state index contributed by atoms with van der Waals surface area (Å²) in [6, 6.07) is 5.28. The van der Waals surface area contributed by atoms with Gasteiger partial charge in [-0.3, -0.25) is 14.5 Å². The number of carbonyl (C=O) groups excluding carboxylic acids is 1. The largest absolute Gasteiger partial charge is 0.493 e. The van der Waals surface area contributed by atoms with Crippen LogP contribution in [0.3, 0.4) is 0 Å². The molecule has 1 heterocycles. The first-order valence-electron chi connectivity index (χ1n) is 6.16. The number of carboxylic acid groups (broad SMARTS) is 1. The monoisotopic (exact) mass is 339 g/mol. The molecule has 6 nitrogen and oxygen atoms in total. The van der Waals surface area contributed by atoms with Gasteiger partial charge in [0.2, 0.25) is 0 Å². The molecular formula is C14H13NO5S2. The first-order valence-corrected chi connectivity index (χ1v) is 7.38. The van der Waals surface area contributed by atoms with Crippen molar-refractivity contribution in [3.8, 4) is 11.5 Å². The predicted octanol–water partition coefficient (Wildman–Crippen LogP) is 1.99. The number of nitrogens with zero attached hydrogens (tertiary/aromatic N) is 1. The molecule has 0 saturated carbocycles. The van der Waals surface area contributed by atoms with Gasteiger partial charge in [-0.15, -0.1) is 0 Å². The predicted molar refractivity (Wildman–Crippen MR) is 87.1 cm³/mol. The minimum Gasteiger partial charge on any atom is -0.493 e. The van der Waals surface area contributed by atoms with Crippen LogP contribution in [0.25, 0.3) is 6.08 Å². The second-order valence-electron chi connectivity index (χ2n) is 4.24. The van der Waals surface area contributed by atoms with Crippen LogP contribution in [0.4, 0.5) is 0 Å². The van der Waals surface area contributed by atoms with E-state index in [-0.39, 0.29) is 4.32 Å². The Morgan fingerprint density at radius 2 is 2.14 bits per heavy atom. The molecular weight excluding hydrogens is 326 g/mol. The normalized spacial score (nSPS) is 16.3. The van der Waals surface area contributed by atoms with Gasteiger partial charge in [-0.2, -0.15) is 0 Å². The van der Waals surface area contributed by atoms with Gasteiger partial charge in [0.25, 0.3) is 5.91 Å². The minimum absolute atomic E-state index is 0.223. The van der Waals surface area contributed by atoms with Crippen LogP contribution in [-0.2, 0) is 9.59 Å². The Labute approximate surface area is 136 Å². The first-order chi connectivity index (χ1) is 10.5. The number of aliphatic carboxylic acids is 1. The lowest BCUT2D eigenvalue weighted by atomic mass is 10.1. The number of para-hydroxylation sites is 1. The Hall–Kier alpha value is -2.06. The van der Waals surface area contributed by atoms with E-state index >= 15 is 0 Å². The van der Waals surface area contributed by atoms with Crippen molar-refractivity contribution in [1.29, 1.82) is 0 Å². The summed E-state index contributed by atoms with van der Waals surface area (Å²) < 4.78 is 10.7. The van der Waals surface area contributed by atoms with Crippen molar-refractivity contribution in [3.05, 3.63) is 28.7 Å². The number of thiocarbonyl (C=S) groups is 1. The van der Waals surface area contributed by atoms with E-state index in [1.165, 1.54) is 14.2 Å². The number of carbonyl (C=O) groups is 2. The van der Waals surface area contributed by atoms with Crippen LogP contribution >= 0.6 is 24.0 Å². The molecule has 0 aliphatic carbocycles. The lowest BCUT2D eigenvalue weighted by Crippen LogP contribution is -2.33. The van der Waals surface area contributed by atoms with Gasteiger partial charge in [0.15, 0.2) is 11.5 Å². The lowest BCUT2D eigenvalue weighted by Gasteiger charge is -2.11.